The highest BCUT2D eigenvalue weighted by molar-refractivity contribution is 7.13. The molecule has 104 valence electrons. The van der Waals surface area contributed by atoms with Crippen LogP contribution in [0.2, 0.25) is 0 Å². The zero-order valence-electron chi connectivity index (χ0n) is 12.2. The lowest BCUT2D eigenvalue weighted by molar-refractivity contribution is 0.485. The van der Waals surface area contributed by atoms with Gasteiger partial charge in [0.1, 0.15) is 0 Å². The van der Waals surface area contributed by atoms with Crippen molar-refractivity contribution in [1.29, 1.82) is 0 Å². The highest BCUT2D eigenvalue weighted by Gasteiger charge is 2.13. The van der Waals surface area contributed by atoms with Crippen LogP contribution in [0, 0.1) is 5.92 Å². The summed E-state index contributed by atoms with van der Waals surface area (Å²) in [5, 5.41) is 6.68. The molecule has 0 aliphatic rings. The molecule has 0 saturated carbocycles. The number of nitrogens with zero attached hydrogens (tertiary/aromatic N) is 2. The second-order valence-electron chi connectivity index (χ2n) is 4.62. The molecule has 1 heterocycles. The molecule has 0 amide bonds. The summed E-state index contributed by atoms with van der Waals surface area (Å²) in [5.41, 5.74) is 1.17. The van der Waals surface area contributed by atoms with Gasteiger partial charge in [0.25, 0.3) is 0 Å². The highest BCUT2D eigenvalue weighted by Crippen LogP contribution is 2.22. The van der Waals surface area contributed by atoms with Gasteiger partial charge in [0.15, 0.2) is 5.13 Å². The van der Waals surface area contributed by atoms with E-state index < -0.39 is 0 Å². The van der Waals surface area contributed by atoms with Gasteiger partial charge in [-0.3, -0.25) is 0 Å². The Balaban J connectivity index is 2.61. The maximum Gasteiger partial charge on any atom is 0.185 e. The minimum absolute atomic E-state index is 0.783. The van der Waals surface area contributed by atoms with E-state index in [1.165, 1.54) is 23.7 Å². The summed E-state index contributed by atoms with van der Waals surface area (Å²) < 4.78 is 0. The quantitative estimate of drug-likeness (QED) is 0.743. The van der Waals surface area contributed by atoms with E-state index in [1.807, 2.05) is 0 Å². The van der Waals surface area contributed by atoms with Gasteiger partial charge in [0.2, 0.25) is 0 Å². The Hall–Kier alpha value is -0.610. The smallest absolute Gasteiger partial charge is 0.185 e. The molecule has 0 spiro atoms. The van der Waals surface area contributed by atoms with Crippen LogP contribution >= 0.6 is 11.3 Å². The van der Waals surface area contributed by atoms with Crippen molar-refractivity contribution in [3.8, 4) is 0 Å². The van der Waals surface area contributed by atoms with Crippen LogP contribution in [0.15, 0.2) is 5.38 Å². The van der Waals surface area contributed by atoms with E-state index in [1.54, 1.807) is 11.3 Å². The zero-order chi connectivity index (χ0) is 13.4. The normalized spacial score (nSPS) is 11.2. The number of aromatic nitrogens is 1. The van der Waals surface area contributed by atoms with Gasteiger partial charge in [-0.1, -0.05) is 33.6 Å². The van der Waals surface area contributed by atoms with Gasteiger partial charge in [-0.2, -0.15) is 0 Å². The predicted octanol–water partition coefficient (Wildman–Crippen LogP) is 3.52. The van der Waals surface area contributed by atoms with Crippen LogP contribution in [0.4, 0.5) is 5.13 Å². The topological polar surface area (TPSA) is 28.2 Å². The second-order valence-corrected chi connectivity index (χ2v) is 5.46. The molecule has 0 fully saturated rings. The largest absolute Gasteiger partial charge is 0.348 e. The maximum atomic E-state index is 4.72. The molecule has 1 N–H and O–H groups in total. The molecule has 0 radical (unpaired) electrons. The molecule has 4 heteroatoms. The van der Waals surface area contributed by atoms with Crippen LogP contribution in [0.25, 0.3) is 0 Å². The van der Waals surface area contributed by atoms with Gasteiger partial charge in [-0.05, 0) is 19.4 Å². The fourth-order valence-electron chi connectivity index (χ4n) is 1.98. The molecule has 0 atom stereocenters. The second kappa shape index (κ2) is 8.48. The van der Waals surface area contributed by atoms with Crippen LogP contribution in [0.1, 0.15) is 46.2 Å². The Bertz CT molecular complexity index is 321. The summed E-state index contributed by atoms with van der Waals surface area (Å²) in [6, 6.07) is 0. The van der Waals surface area contributed by atoms with Crippen LogP contribution in [-0.4, -0.2) is 24.6 Å². The van der Waals surface area contributed by atoms with Crippen molar-refractivity contribution >= 4 is 16.5 Å². The SMILES string of the molecule is CCNCc1csc(N(CC)CC(CC)CC)n1. The lowest BCUT2D eigenvalue weighted by atomic mass is 10.0. The molecular weight excluding hydrogens is 242 g/mol. The number of anilines is 1. The van der Waals surface area contributed by atoms with Crippen LogP contribution in [-0.2, 0) is 6.54 Å². The maximum absolute atomic E-state index is 4.72. The van der Waals surface area contributed by atoms with Crippen molar-refractivity contribution in [1.82, 2.24) is 10.3 Å². The minimum Gasteiger partial charge on any atom is -0.348 e. The van der Waals surface area contributed by atoms with Gasteiger partial charge < -0.3 is 10.2 Å². The Kier molecular flexibility index (Phi) is 7.28. The van der Waals surface area contributed by atoms with Crippen molar-refractivity contribution in [2.24, 2.45) is 5.92 Å². The van der Waals surface area contributed by atoms with Crippen molar-refractivity contribution in [3.63, 3.8) is 0 Å². The molecular formula is C14H27N3S. The summed E-state index contributed by atoms with van der Waals surface area (Å²) in [6.45, 7) is 13.0. The van der Waals surface area contributed by atoms with Crippen molar-refractivity contribution in [3.05, 3.63) is 11.1 Å². The van der Waals surface area contributed by atoms with Crippen LogP contribution in [0.5, 0.6) is 0 Å². The standard InChI is InChI=1S/C14H27N3S/c1-5-12(6-2)10-17(8-4)14-16-13(11-18-14)9-15-7-3/h11-12,15H,5-10H2,1-4H3. The molecule has 0 unspecified atom stereocenters. The first-order valence-corrected chi connectivity index (χ1v) is 8.03. The molecule has 0 aliphatic carbocycles. The summed E-state index contributed by atoms with van der Waals surface area (Å²) >= 11 is 1.77. The molecule has 1 aromatic rings. The Morgan fingerprint density at radius 1 is 1.28 bits per heavy atom. The molecule has 0 aromatic carbocycles. The van der Waals surface area contributed by atoms with Gasteiger partial charge in [0.05, 0.1) is 5.69 Å². The third-order valence-corrected chi connectivity index (χ3v) is 4.33. The first kappa shape index (κ1) is 15.4. The van der Waals surface area contributed by atoms with Gasteiger partial charge in [-0.15, -0.1) is 11.3 Å². The van der Waals surface area contributed by atoms with E-state index in [2.05, 4.69) is 43.3 Å². The molecule has 18 heavy (non-hydrogen) atoms. The van der Waals surface area contributed by atoms with Gasteiger partial charge in [-0.25, -0.2) is 4.98 Å². The average molecular weight is 269 g/mol. The fraction of sp³-hybridized carbons (Fsp3) is 0.786. The van der Waals surface area contributed by atoms with Gasteiger partial charge >= 0.3 is 0 Å². The Morgan fingerprint density at radius 2 is 2.00 bits per heavy atom. The highest BCUT2D eigenvalue weighted by atomic mass is 32.1. The molecule has 3 nitrogen and oxygen atoms in total. The Morgan fingerprint density at radius 3 is 2.56 bits per heavy atom. The van der Waals surface area contributed by atoms with Crippen molar-refractivity contribution in [2.45, 2.75) is 47.1 Å². The van der Waals surface area contributed by atoms with Crippen molar-refractivity contribution < 1.29 is 0 Å². The number of hydrogen-bond acceptors (Lipinski definition) is 4. The average Bonchev–Trinajstić information content (AvgIpc) is 2.86. The summed E-state index contributed by atoms with van der Waals surface area (Å²) in [6.07, 6.45) is 2.51. The molecule has 0 saturated heterocycles. The number of rotatable bonds is 9. The van der Waals surface area contributed by atoms with Crippen LogP contribution < -0.4 is 10.2 Å². The van der Waals surface area contributed by atoms with E-state index in [0.717, 1.165) is 32.1 Å². The van der Waals surface area contributed by atoms with Crippen LogP contribution in [0.3, 0.4) is 0 Å². The number of thiazole rings is 1. The number of nitrogens with one attached hydrogen (secondary N) is 1. The lowest BCUT2D eigenvalue weighted by Crippen LogP contribution is -2.29. The molecule has 0 aliphatic heterocycles. The van der Waals surface area contributed by atoms with E-state index in [-0.39, 0.29) is 0 Å². The lowest BCUT2D eigenvalue weighted by Gasteiger charge is -2.24. The number of hydrogen-bond donors (Lipinski definition) is 1. The van der Waals surface area contributed by atoms with E-state index in [9.17, 15) is 0 Å². The minimum atomic E-state index is 0.783. The molecule has 1 rings (SSSR count). The van der Waals surface area contributed by atoms with Crippen molar-refractivity contribution in [2.75, 3.05) is 24.5 Å². The van der Waals surface area contributed by atoms with Gasteiger partial charge in [0, 0.05) is 25.0 Å². The molecule has 0 bridgehead atoms. The first-order valence-electron chi connectivity index (χ1n) is 7.15. The zero-order valence-corrected chi connectivity index (χ0v) is 13.0. The summed E-state index contributed by atoms with van der Waals surface area (Å²) in [4.78, 5) is 7.14. The van der Waals surface area contributed by atoms with E-state index in [0.29, 0.717) is 0 Å². The monoisotopic (exact) mass is 269 g/mol. The predicted molar refractivity (Wildman–Crippen MR) is 81.5 cm³/mol. The van der Waals surface area contributed by atoms with E-state index >= 15 is 0 Å². The Labute approximate surface area is 116 Å². The molecule has 1 aromatic heterocycles. The summed E-state index contributed by atoms with van der Waals surface area (Å²) in [5.74, 6) is 0.783. The fourth-order valence-corrected chi connectivity index (χ4v) is 2.88. The third kappa shape index (κ3) is 4.58. The summed E-state index contributed by atoms with van der Waals surface area (Å²) in [7, 11) is 0. The van der Waals surface area contributed by atoms with E-state index in [4.69, 9.17) is 4.98 Å². The first-order chi connectivity index (χ1) is 8.74. The third-order valence-electron chi connectivity index (χ3n) is 3.38.